The summed E-state index contributed by atoms with van der Waals surface area (Å²) in [7, 11) is 1.33. The van der Waals surface area contributed by atoms with E-state index in [0.717, 1.165) is 24.4 Å². The normalized spacial score (nSPS) is 10.7. The highest BCUT2D eigenvalue weighted by Crippen LogP contribution is 2.18. The Morgan fingerprint density at radius 1 is 1.29 bits per heavy atom. The molecule has 0 aliphatic carbocycles. The number of amides is 1. The van der Waals surface area contributed by atoms with E-state index < -0.39 is 5.97 Å². The van der Waals surface area contributed by atoms with Crippen LogP contribution >= 0.6 is 0 Å². The van der Waals surface area contributed by atoms with Crippen LogP contribution in [0.3, 0.4) is 0 Å². The summed E-state index contributed by atoms with van der Waals surface area (Å²) in [4.78, 5) is 27.0. The summed E-state index contributed by atoms with van der Waals surface area (Å²) in [5.74, 6) is -0.663. The third-order valence-electron chi connectivity index (χ3n) is 3.99. The molecule has 7 heteroatoms. The molecule has 1 amide bonds. The summed E-state index contributed by atoms with van der Waals surface area (Å²) in [6.45, 7) is 8.73. The van der Waals surface area contributed by atoms with E-state index in [-0.39, 0.29) is 5.91 Å². The SMILES string of the molecule is COC(=O)c1c(C)[nH]c(C(=O)NCCCn2nc(C)cc2C)c1C. The molecule has 2 aromatic heterocycles. The molecule has 0 unspecified atom stereocenters. The molecule has 2 N–H and O–H groups in total. The molecule has 0 atom stereocenters. The predicted octanol–water partition coefficient (Wildman–Crippen LogP) is 2.05. The molecule has 2 aromatic rings. The molecule has 0 saturated carbocycles. The predicted molar refractivity (Wildman–Crippen MR) is 90.3 cm³/mol. The third-order valence-corrected chi connectivity index (χ3v) is 3.99. The molecule has 0 radical (unpaired) electrons. The molecular weight excluding hydrogens is 308 g/mol. The van der Waals surface area contributed by atoms with Crippen molar-refractivity contribution < 1.29 is 14.3 Å². The first-order chi connectivity index (χ1) is 11.3. The van der Waals surface area contributed by atoms with Crippen LogP contribution in [-0.2, 0) is 11.3 Å². The lowest BCUT2D eigenvalue weighted by atomic mass is 10.1. The minimum Gasteiger partial charge on any atom is -0.465 e. The van der Waals surface area contributed by atoms with Crippen LogP contribution in [0, 0.1) is 27.7 Å². The Bertz CT molecular complexity index is 758. The molecule has 0 aromatic carbocycles. The van der Waals surface area contributed by atoms with Gasteiger partial charge in [0.05, 0.1) is 18.4 Å². The van der Waals surface area contributed by atoms with E-state index in [2.05, 4.69) is 15.4 Å². The minimum atomic E-state index is -0.440. The van der Waals surface area contributed by atoms with Crippen LogP contribution in [0.5, 0.6) is 0 Å². The second-order valence-corrected chi connectivity index (χ2v) is 5.88. The van der Waals surface area contributed by atoms with E-state index in [1.54, 1.807) is 13.8 Å². The Morgan fingerprint density at radius 2 is 2.00 bits per heavy atom. The summed E-state index contributed by atoms with van der Waals surface area (Å²) in [6.07, 6.45) is 0.774. The molecule has 2 heterocycles. The first-order valence-corrected chi connectivity index (χ1v) is 7.91. The van der Waals surface area contributed by atoms with Crippen molar-refractivity contribution in [3.63, 3.8) is 0 Å². The van der Waals surface area contributed by atoms with Crippen molar-refractivity contribution in [3.8, 4) is 0 Å². The Kier molecular flexibility index (Phi) is 5.43. The van der Waals surface area contributed by atoms with Gasteiger partial charge in [0, 0.05) is 24.5 Å². The van der Waals surface area contributed by atoms with E-state index in [4.69, 9.17) is 4.74 Å². The number of nitrogens with one attached hydrogen (secondary N) is 2. The Labute approximate surface area is 141 Å². The number of methoxy groups -OCH3 is 1. The molecule has 130 valence electrons. The molecule has 0 fully saturated rings. The van der Waals surface area contributed by atoms with Gasteiger partial charge in [0.25, 0.3) is 5.91 Å². The lowest BCUT2D eigenvalue weighted by Crippen LogP contribution is -2.26. The average molecular weight is 332 g/mol. The van der Waals surface area contributed by atoms with E-state index in [0.29, 0.717) is 29.1 Å². The summed E-state index contributed by atoms with van der Waals surface area (Å²) >= 11 is 0. The minimum absolute atomic E-state index is 0.223. The quantitative estimate of drug-likeness (QED) is 0.626. The van der Waals surface area contributed by atoms with Gasteiger partial charge in [-0.1, -0.05) is 0 Å². The molecule has 0 aliphatic rings. The average Bonchev–Trinajstić information content (AvgIpc) is 3.01. The van der Waals surface area contributed by atoms with Crippen LogP contribution in [-0.4, -0.2) is 40.3 Å². The monoisotopic (exact) mass is 332 g/mol. The van der Waals surface area contributed by atoms with Gasteiger partial charge in [-0.25, -0.2) is 4.79 Å². The van der Waals surface area contributed by atoms with Crippen molar-refractivity contribution in [1.29, 1.82) is 0 Å². The van der Waals surface area contributed by atoms with Gasteiger partial charge in [-0.05, 0) is 45.7 Å². The van der Waals surface area contributed by atoms with Crippen LogP contribution in [0.15, 0.2) is 6.07 Å². The van der Waals surface area contributed by atoms with Crippen molar-refractivity contribution in [3.05, 3.63) is 40.0 Å². The molecule has 0 saturated heterocycles. The summed E-state index contributed by atoms with van der Waals surface area (Å²) in [5.41, 5.74) is 4.16. The van der Waals surface area contributed by atoms with Crippen molar-refractivity contribution in [2.24, 2.45) is 0 Å². The van der Waals surface area contributed by atoms with Crippen LogP contribution in [0.4, 0.5) is 0 Å². The van der Waals surface area contributed by atoms with Crippen LogP contribution < -0.4 is 5.32 Å². The molecule has 24 heavy (non-hydrogen) atoms. The van der Waals surface area contributed by atoms with Crippen LogP contribution in [0.2, 0.25) is 0 Å². The number of aromatic nitrogens is 3. The first kappa shape index (κ1) is 17.8. The fraction of sp³-hybridized carbons (Fsp3) is 0.471. The molecule has 0 aliphatic heterocycles. The second kappa shape index (κ2) is 7.33. The molecular formula is C17H24N4O3. The van der Waals surface area contributed by atoms with Gasteiger partial charge in [-0.15, -0.1) is 0 Å². The lowest BCUT2D eigenvalue weighted by molar-refractivity contribution is 0.0599. The number of aromatic amines is 1. The topological polar surface area (TPSA) is 89.0 Å². The summed E-state index contributed by atoms with van der Waals surface area (Å²) in [6, 6.07) is 2.03. The Balaban J connectivity index is 1.93. The van der Waals surface area contributed by atoms with Gasteiger partial charge < -0.3 is 15.0 Å². The van der Waals surface area contributed by atoms with E-state index in [1.807, 2.05) is 24.6 Å². The van der Waals surface area contributed by atoms with Gasteiger partial charge in [0.1, 0.15) is 5.69 Å². The summed E-state index contributed by atoms with van der Waals surface area (Å²) < 4.78 is 6.68. The number of esters is 1. The van der Waals surface area contributed by atoms with E-state index in [9.17, 15) is 9.59 Å². The van der Waals surface area contributed by atoms with Gasteiger partial charge in [0.15, 0.2) is 0 Å². The highest BCUT2D eigenvalue weighted by atomic mass is 16.5. The number of ether oxygens (including phenoxy) is 1. The van der Waals surface area contributed by atoms with Gasteiger partial charge in [-0.3, -0.25) is 9.48 Å². The molecule has 0 bridgehead atoms. The highest BCUT2D eigenvalue weighted by molar-refractivity contribution is 6.00. The fourth-order valence-electron chi connectivity index (χ4n) is 2.81. The maximum Gasteiger partial charge on any atom is 0.339 e. The highest BCUT2D eigenvalue weighted by Gasteiger charge is 2.22. The first-order valence-electron chi connectivity index (χ1n) is 7.91. The standard InChI is InChI=1S/C17H24N4O3/c1-10-9-11(2)21(20-10)8-6-7-18-16(22)15-12(3)14(13(4)19-15)17(23)24-5/h9,19H,6-8H2,1-5H3,(H,18,22). The number of hydrogen-bond acceptors (Lipinski definition) is 4. The number of carbonyl (C=O) groups is 2. The smallest absolute Gasteiger partial charge is 0.339 e. The van der Waals surface area contributed by atoms with Gasteiger partial charge in [-0.2, -0.15) is 5.10 Å². The van der Waals surface area contributed by atoms with Crippen molar-refractivity contribution in [1.82, 2.24) is 20.1 Å². The lowest BCUT2D eigenvalue weighted by Gasteiger charge is -2.07. The van der Waals surface area contributed by atoms with Crippen LogP contribution in [0.1, 0.15) is 49.9 Å². The van der Waals surface area contributed by atoms with Gasteiger partial charge in [0.2, 0.25) is 0 Å². The molecule has 2 rings (SSSR count). The van der Waals surface area contributed by atoms with Gasteiger partial charge >= 0.3 is 5.97 Å². The number of carbonyl (C=O) groups excluding carboxylic acids is 2. The maximum atomic E-state index is 12.3. The van der Waals surface area contributed by atoms with Crippen LogP contribution in [0.25, 0.3) is 0 Å². The number of aryl methyl sites for hydroxylation is 4. The number of hydrogen-bond donors (Lipinski definition) is 2. The zero-order valence-corrected chi connectivity index (χ0v) is 14.8. The molecule has 0 spiro atoms. The summed E-state index contributed by atoms with van der Waals surface area (Å²) in [5, 5.41) is 7.26. The largest absolute Gasteiger partial charge is 0.465 e. The fourth-order valence-corrected chi connectivity index (χ4v) is 2.81. The maximum absolute atomic E-state index is 12.3. The van der Waals surface area contributed by atoms with Crippen molar-refractivity contribution >= 4 is 11.9 Å². The van der Waals surface area contributed by atoms with E-state index >= 15 is 0 Å². The Hall–Kier alpha value is -2.57. The number of rotatable bonds is 6. The Morgan fingerprint density at radius 3 is 2.58 bits per heavy atom. The third kappa shape index (κ3) is 3.67. The second-order valence-electron chi connectivity index (χ2n) is 5.88. The van der Waals surface area contributed by atoms with Crippen molar-refractivity contribution in [2.45, 2.75) is 40.7 Å². The van der Waals surface area contributed by atoms with E-state index in [1.165, 1.54) is 7.11 Å². The van der Waals surface area contributed by atoms with Crippen molar-refractivity contribution in [2.75, 3.05) is 13.7 Å². The number of nitrogens with zero attached hydrogens (tertiary/aromatic N) is 2. The molecule has 7 nitrogen and oxygen atoms in total. The zero-order valence-electron chi connectivity index (χ0n) is 14.8. The zero-order chi connectivity index (χ0) is 17.9. The number of H-pyrrole nitrogens is 1.